The van der Waals surface area contributed by atoms with Gasteiger partial charge in [0, 0.05) is 11.4 Å². The molecule has 0 amide bonds. The maximum atomic E-state index is 6.72. The molecule has 0 atom stereocenters. The van der Waals surface area contributed by atoms with Crippen molar-refractivity contribution in [1.82, 2.24) is 0 Å². The zero-order valence-corrected chi connectivity index (χ0v) is 16.6. The van der Waals surface area contributed by atoms with Crippen molar-refractivity contribution in [2.24, 2.45) is 0 Å². The van der Waals surface area contributed by atoms with Crippen LogP contribution in [0.25, 0.3) is 0 Å². The van der Waals surface area contributed by atoms with Crippen molar-refractivity contribution in [2.45, 2.75) is 105 Å². The van der Waals surface area contributed by atoms with Gasteiger partial charge in [0.2, 0.25) is 0 Å². The molecular weight excluding hydrogens is 292 g/mol. The molecule has 0 saturated carbocycles. The average molecular weight is 333 g/mol. The van der Waals surface area contributed by atoms with Crippen LogP contribution in [0, 0.1) is 0 Å². The molecule has 0 heterocycles. The van der Waals surface area contributed by atoms with Crippen LogP contribution in [0.4, 0.5) is 11.4 Å². The number of nitrogen functional groups attached to an aromatic ring is 2. The Morgan fingerprint density at radius 2 is 0.667 bits per heavy atom. The fourth-order valence-corrected chi connectivity index (χ4v) is 3.57. The van der Waals surface area contributed by atoms with E-state index in [4.69, 9.17) is 11.5 Å². The van der Waals surface area contributed by atoms with Crippen LogP contribution in [0.2, 0.25) is 0 Å². The standard InChI is InChI=1S/C22H40N2/c1-5-9-13-17-18(14-10-6-2)22(24)20(16-12-8-4)19(21(17)23)15-11-7-3/h5-16,23-24H2,1-4H3. The summed E-state index contributed by atoms with van der Waals surface area (Å²) in [6, 6.07) is 0. The third-order valence-electron chi connectivity index (χ3n) is 5.15. The smallest absolute Gasteiger partial charge is 0.0386 e. The summed E-state index contributed by atoms with van der Waals surface area (Å²) in [6.07, 6.45) is 13.9. The predicted octanol–water partition coefficient (Wildman–Crippen LogP) is 6.22. The number of benzene rings is 1. The largest absolute Gasteiger partial charge is 0.398 e. The zero-order valence-electron chi connectivity index (χ0n) is 16.6. The SMILES string of the molecule is CCCCc1c(N)c(CCCC)c(CCCC)c(N)c1CCCC. The molecule has 24 heavy (non-hydrogen) atoms. The Hall–Kier alpha value is -1.18. The van der Waals surface area contributed by atoms with Crippen molar-refractivity contribution >= 4 is 11.4 Å². The number of anilines is 2. The summed E-state index contributed by atoms with van der Waals surface area (Å²) in [5.74, 6) is 0. The highest BCUT2D eigenvalue weighted by atomic mass is 14.6. The third kappa shape index (κ3) is 5.43. The lowest BCUT2D eigenvalue weighted by Crippen LogP contribution is -2.13. The van der Waals surface area contributed by atoms with Crippen LogP contribution in [-0.2, 0) is 25.7 Å². The van der Waals surface area contributed by atoms with Crippen molar-refractivity contribution in [3.8, 4) is 0 Å². The number of hydrogen-bond acceptors (Lipinski definition) is 2. The summed E-state index contributed by atoms with van der Waals surface area (Å²) in [7, 11) is 0. The van der Waals surface area contributed by atoms with Gasteiger partial charge in [-0.3, -0.25) is 0 Å². The summed E-state index contributed by atoms with van der Waals surface area (Å²) < 4.78 is 0. The first-order chi connectivity index (χ1) is 11.6. The quantitative estimate of drug-likeness (QED) is 0.446. The minimum atomic E-state index is 1.07. The van der Waals surface area contributed by atoms with Crippen LogP contribution in [0.1, 0.15) is 101 Å². The summed E-state index contributed by atoms with van der Waals surface area (Å²) in [5, 5.41) is 0. The van der Waals surface area contributed by atoms with Crippen LogP contribution < -0.4 is 11.5 Å². The second-order valence-corrected chi connectivity index (χ2v) is 7.16. The van der Waals surface area contributed by atoms with E-state index in [0.717, 1.165) is 37.1 Å². The van der Waals surface area contributed by atoms with Crippen LogP contribution in [0.15, 0.2) is 0 Å². The molecule has 0 spiro atoms. The van der Waals surface area contributed by atoms with E-state index in [0.29, 0.717) is 0 Å². The highest BCUT2D eigenvalue weighted by Gasteiger charge is 2.19. The molecule has 0 radical (unpaired) electrons. The lowest BCUT2D eigenvalue weighted by molar-refractivity contribution is 0.740. The van der Waals surface area contributed by atoms with Gasteiger partial charge in [-0.2, -0.15) is 0 Å². The second-order valence-electron chi connectivity index (χ2n) is 7.16. The third-order valence-corrected chi connectivity index (χ3v) is 5.15. The molecule has 0 aliphatic heterocycles. The highest BCUT2D eigenvalue weighted by Crippen LogP contribution is 2.36. The normalized spacial score (nSPS) is 11.2. The average Bonchev–Trinajstić information content (AvgIpc) is 2.59. The van der Waals surface area contributed by atoms with Gasteiger partial charge in [-0.15, -0.1) is 0 Å². The van der Waals surface area contributed by atoms with E-state index in [1.165, 1.54) is 73.6 Å². The predicted molar refractivity (Wildman–Crippen MR) is 110 cm³/mol. The molecule has 1 aromatic rings. The van der Waals surface area contributed by atoms with E-state index >= 15 is 0 Å². The number of hydrogen-bond donors (Lipinski definition) is 2. The molecule has 0 unspecified atom stereocenters. The molecule has 0 fully saturated rings. The molecule has 0 aromatic heterocycles. The van der Waals surface area contributed by atoms with Crippen molar-refractivity contribution < 1.29 is 0 Å². The van der Waals surface area contributed by atoms with Crippen molar-refractivity contribution in [3.63, 3.8) is 0 Å². The molecule has 4 N–H and O–H groups in total. The lowest BCUT2D eigenvalue weighted by Gasteiger charge is -2.23. The second kappa shape index (κ2) is 11.4. The lowest BCUT2D eigenvalue weighted by atomic mass is 9.85. The monoisotopic (exact) mass is 332 g/mol. The van der Waals surface area contributed by atoms with E-state index < -0.39 is 0 Å². The molecule has 0 aliphatic carbocycles. The molecular formula is C22H40N2. The van der Waals surface area contributed by atoms with Crippen LogP contribution in [-0.4, -0.2) is 0 Å². The molecule has 0 bridgehead atoms. The zero-order chi connectivity index (χ0) is 17.9. The molecule has 138 valence electrons. The van der Waals surface area contributed by atoms with E-state index in [1.54, 1.807) is 0 Å². The van der Waals surface area contributed by atoms with E-state index in [2.05, 4.69) is 27.7 Å². The Kier molecular flexibility index (Phi) is 9.90. The Morgan fingerprint density at radius 3 is 0.833 bits per heavy atom. The van der Waals surface area contributed by atoms with Gasteiger partial charge in [0.15, 0.2) is 0 Å². The Labute approximate surface area is 150 Å². The first-order valence-electron chi connectivity index (χ1n) is 10.3. The van der Waals surface area contributed by atoms with E-state index in [1.807, 2.05) is 0 Å². The van der Waals surface area contributed by atoms with Gasteiger partial charge in [-0.05, 0) is 73.6 Å². The molecule has 0 aliphatic rings. The number of unbranched alkanes of at least 4 members (excludes halogenated alkanes) is 4. The van der Waals surface area contributed by atoms with Crippen LogP contribution in [0.5, 0.6) is 0 Å². The molecule has 2 heteroatoms. The van der Waals surface area contributed by atoms with Gasteiger partial charge < -0.3 is 11.5 Å². The first kappa shape index (κ1) is 20.9. The summed E-state index contributed by atoms with van der Waals surface area (Å²) >= 11 is 0. The van der Waals surface area contributed by atoms with Crippen molar-refractivity contribution in [1.29, 1.82) is 0 Å². The van der Waals surface area contributed by atoms with Gasteiger partial charge in [-0.1, -0.05) is 53.4 Å². The van der Waals surface area contributed by atoms with E-state index in [-0.39, 0.29) is 0 Å². The molecule has 1 rings (SSSR count). The number of rotatable bonds is 12. The first-order valence-corrected chi connectivity index (χ1v) is 10.3. The van der Waals surface area contributed by atoms with Gasteiger partial charge in [0.05, 0.1) is 0 Å². The Morgan fingerprint density at radius 1 is 0.458 bits per heavy atom. The van der Waals surface area contributed by atoms with Gasteiger partial charge in [0.25, 0.3) is 0 Å². The maximum Gasteiger partial charge on any atom is 0.0386 e. The van der Waals surface area contributed by atoms with Gasteiger partial charge >= 0.3 is 0 Å². The molecule has 2 nitrogen and oxygen atoms in total. The maximum absolute atomic E-state index is 6.72. The highest BCUT2D eigenvalue weighted by molar-refractivity contribution is 5.71. The number of nitrogens with two attached hydrogens (primary N) is 2. The summed E-state index contributed by atoms with van der Waals surface area (Å²) in [5.41, 5.74) is 21.1. The topological polar surface area (TPSA) is 52.0 Å². The van der Waals surface area contributed by atoms with Crippen molar-refractivity contribution in [3.05, 3.63) is 22.3 Å². The molecule has 1 aromatic carbocycles. The van der Waals surface area contributed by atoms with Gasteiger partial charge in [0.1, 0.15) is 0 Å². The summed E-state index contributed by atoms with van der Waals surface area (Å²) in [6.45, 7) is 9.00. The minimum absolute atomic E-state index is 1.07. The Balaban J connectivity index is 3.39. The fourth-order valence-electron chi connectivity index (χ4n) is 3.57. The Bertz CT molecular complexity index is 405. The fraction of sp³-hybridized carbons (Fsp3) is 0.727. The van der Waals surface area contributed by atoms with Crippen molar-refractivity contribution in [2.75, 3.05) is 11.5 Å². The van der Waals surface area contributed by atoms with Crippen LogP contribution >= 0.6 is 0 Å². The van der Waals surface area contributed by atoms with E-state index in [9.17, 15) is 0 Å². The minimum Gasteiger partial charge on any atom is -0.398 e. The van der Waals surface area contributed by atoms with Gasteiger partial charge in [-0.25, -0.2) is 0 Å². The van der Waals surface area contributed by atoms with Crippen LogP contribution in [0.3, 0.4) is 0 Å². The summed E-state index contributed by atoms with van der Waals surface area (Å²) in [4.78, 5) is 0. The molecule has 0 saturated heterocycles.